The van der Waals surface area contributed by atoms with Gasteiger partial charge in [-0.25, -0.2) is 0 Å². The van der Waals surface area contributed by atoms with E-state index in [1.54, 1.807) is 0 Å². The van der Waals surface area contributed by atoms with Crippen molar-refractivity contribution in [1.82, 2.24) is 0 Å². The number of rotatable bonds is 5. The molecule has 0 fully saturated rings. The quantitative estimate of drug-likeness (QED) is 0.688. The minimum atomic E-state index is 0.105. The highest BCUT2D eigenvalue weighted by molar-refractivity contribution is 5.54. The first-order chi connectivity index (χ1) is 7.51. The third-order valence-corrected chi connectivity index (χ3v) is 3.40. The first-order valence-electron chi connectivity index (χ1n) is 6.05. The smallest absolute Gasteiger partial charge is 0.123 e. The van der Waals surface area contributed by atoms with Gasteiger partial charge in [-0.3, -0.25) is 0 Å². The van der Waals surface area contributed by atoms with Crippen LogP contribution in [-0.4, -0.2) is 6.29 Å². The van der Waals surface area contributed by atoms with Gasteiger partial charge in [-0.15, -0.1) is 0 Å². The van der Waals surface area contributed by atoms with E-state index in [4.69, 9.17) is 0 Å². The van der Waals surface area contributed by atoms with Gasteiger partial charge in [0.05, 0.1) is 0 Å². The van der Waals surface area contributed by atoms with Gasteiger partial charge in [-0.1, -0.05) is 52.0 Å². The highest BCUT2D eigenvalue weighted by atomic mass is 16.1. The molecule has 0 heterocycles. The number of hydrogen-bond donors (Lipinski definition) is 0. The largest absolute Gasteiger partial charge is 0.303 e. The third kappa shape index (κ3) is 2.94. The second-order valence-electron chi connectivity index (χ2n) is 5.21. The molecule has 0 bridgehead atoms. The molecule has 0 saturated heterocycles. The zero-order valence-corrected chi connectivity index (χ0v) is 10.8. The molecule has 1 aromatic rings. The zero-order chi connectivity index (χ0) is 12.2. The van der Waals surface area contributed by atoms with Crippen LogP contribution in [0.3, 0.4) is 0 Å². The van der Waals surface area contributed by atoms with Crippen LogP contribution in [0.2, 0.25) is 0 Å². The lowest BCUT2D eigenvalue weighted by molar-refractivity contribution is -0.110. The Bertz CT molecular complexity index is 352. The zero-order valence-electron chi connectivity index (χ0n) is 10.8. The molecule has 0 N–H and O–H groups in total. The Morgan fingerprint density at radius 2 is 1.94 bits per heavy atom. The van der Waals surface area contributed by atoms with Crippen LogP contribution in [0.25, 0.3) is 0 Å². The van der Waals surface area contributed by atoms with Gasteiger partial charge in [0.1, 0.15) is 6.29 Å². The van der Waals surface area contributed by atoms with Crippen molar-refractivity contribution < 1.29 is 4.79 Å². The van der Waals surface area contributed by atoms with Crippen molar-refractivity contribution in [2.24, 2.45) is 5.92 Å². The fourth-order valence-corrected chi connectivity index (χ4v) is 1.94. The molecule has 88 valence electrons. The van der Waals surface area contributed by atoms with Crippen LogP contribution in [0.15, 0.2) is 24.3 Å². The van der Waals surface area contributed by atoms with Gasteiger partial charge in [0, 0.05) is 5.92 Å². The van der Waals surface area contributed by atoms with E-state index < -0.39 is 0 Å². The molecule has 0 spiro atoms. The van der Waals surface area contributed by atoms with Gasteiger partial charge >= 0.3 is 0 Å². The number of carbonyl (C=O) groups is 1. The summed E-state index contributed by atoms with van der Waals surface area (Å²) >= 11 is 0. The molecule has 1 heteroatoms. The molecule has 16 heavy (non-hydrogen) atoms. The van der Waals surface area contributed by atoms with Crippen LogP contribution >= 0.6 is 0 Å². The van der Waals surface area contributed by atoms with Crippen molar-refractivity contribution in [3.8, 4) is 0 Å². The van der Waals surface area contributed by atoms with Crippen molar-refractivity contribution in [3.63, 3.8) is 0 Å². The first-order valence-corrected chi connectivity index (χ1v) is 6.05. The molecule has 1 aromatic carbocycles. The van der Waals surface area contributed by atoms with Gasteiger partial charge in [-0.05, 0) is 29.4 Å². The summed E-state index contributed by atoms with van der Waals surface area (Å²) in [6, 6.07) is 8.48. The van der Waals surface area contributed by atoms with Gasteiger partial charge in [0.2, 0.25) is 0 Å². The normalized spacial score (nSPS) is 13.5. The molecule has 0 aromatic heterocycles. The molecule has 0 radical (unpaired) electrons. The van der Waals surface area contributed by atoms with Crippen LogP contribution in [0.1, 0.15) is 45.2 Å². The number of aldehydes is 1. The highest BCUT2D eigenvalue weighted by Gasteiger charge is 2.21. The fourth-order valence-electron chi connectivity index (χ4n) is 1.94. The monoisotopic (exact) mass is 218 g/mol. The Hall–Kier alpha value is -1.11. The molecule has 0 aliphatic rings. The Labute approximate surface area is 98.9 Å². The molecular weight excluding hydrogens is 196 g/mol. The van der Waals surface area contributed by atoms with Crippen molar-refractivity contribution in [2.45, 2.75) is 46.0 Å². The van der Waals surface area contributed by atoms with Crippen molar-refractivity contribution in [3.05, 3.63) is 35.4 Å². The Balaban J connectivity index is 3.05. The summed E-state index contributed by atoms with van der Waals surface area (Å²) in [5.41, 5.74) is 2.89. The van der Waals surface area contributed by atoms with E-state index in [0.29, 0.717) is 0 Å². The summed E-state index contributed by atoms with van der Waals surface area (Å²) in [4.78, 5) is 10.7. The predicted octanol–water partition coefficient (Wildman–Crippen LogP) is 3.75. The van der Waals surface area contributed by atoms with Gasteiger partial charge in [0.25, 0.3) is 0 Å². The molecule has 0 saturated carbocycles. The molecule has 0 aliphatic heterocycles. The highest BCUT2D eigenvalue weighted by Crippen LogP contribution is 2.30. The minimum absolute atomic E-state index is 0.105. The van der Waals surface area contributed by atoms with Gasteiger partial charge in [-0.2, -0.15) is 0 Å². The van der Waals surface area contributed by atoms with Crippen LogP contribution in [0.5, 0.6) is 0 Å². The number of hydrogen-bond acceptors (Lipinski definition) is 1. The fraction of sp³-hybridized carbons (Fsp3) is 0.533. The van der Waals surface area contributed by atoms with E-state index in [-0.39, 0.29) is 11.3 Å². The van der Waals surface area contributed by atoms with E-state index in [2.05, 4.69) is 45.0 Å². The topological polar surface area (TPSA) is 17.1 Å². The molecule has 1 rings (SSSR count). The third-order valence-electron chi connectivity index (χ3n) is 3.40. The van der Waals surface area contributed by atoms with Crippen molar-refractivity contribution >= 4 is 6.29 Å². The van der Waals surface area contributed by atoms with E-state index in [1.165, 1.54) is 11.1 Å². The van der Waals surface area contributed by atoms with E-state index in [1.807, 2.05) is 6.92 Å². The predicted molar refractivity (Wildman–Crippen MR) is 68.7 cm³/mol. The second kappa shape index (κ2) is 5.29. The standard InChI is InChI=1S/C15H22O/c1-5-15(3,4)14-9-7-6-8-13(14)10-12(2)11-16/h6-9,11-12H,5,10H2,1-4H3. The van der Waals surface area contributed by atoms with Crippen molar-refractivity contribution in [2.75, 3.05) is 0 Å². The first kappa shape index (κ1) is 13.0. The summed E-state index contributed by atoms with van der Waals surface area (Å²) in [6.45, 7) is 8.71. The number of benzene rings is 1. The Kier molecular flexibility index (Phi) is 4.28. The van der Waals surface area contributed by atoms with E-state index >= 15 is 0 Å². The summed E-state index contributed by atoms with van der Waals surface area (Å²) in [6.07, 6.45) is 3.00. The lowest BCUT2D eigenvalue weighted by Gasteiger charge is -2.26. The molecule has 1 unspecified atom stereocenters. The summed E-state index contributed by atoms with van der Waals surface area (Å²) in [7, 11) is 0. The average molecular weight is 218 g/mol. The maximum atomic E-state index is 10.7. The second-order valence-corrected chi connectivity index (χ2v) is 5.21. The summed E-state index contributed by atoms with van der Waals surface area (Å²) in [5, 5.41) is 0. The minimum Gasteiger partial charge on any atom is -0.303 e. The molecule has 1 atom stereocenters. The Morgan fingerprint density at radius 3 is 2.50 bits per heavy atom. The molecular formula is C15H22O. The molecule has 1 nitrogen and oxygen atoms in total. The SMILES string of the molecule is CCC(C)(C)c1ccccc1CC(C)C=O. The van der Waals surface area contributed by atoms with E-state index in [0.717, 1.165) is 19.1 Å². The van der Waals surface area contributed by atoms with Crippen LogP contribution in [-0.2, 0) is 16.6 Å². The summed E-state index contributed by atoms with van der Waals surface area (Å²) < 4.78 is 0. The van der Waals surface area contributed by atoms with Gasteiger partial charge < -0.3 is 4.79 Å². The van der Waals surface area contributed by atoms with Crippen LogP contribution < -0.4 is 0 Å². The van der Waals surface area contributed by atoms with Crippen LogP contribution in [0.4, 0.5) is 0 Å². The molecule has 0 aliphatic carbocycles. The Morgan fingerprint density at radius 1 is 1.31 bits per heavy atom. The van der Waals surface area contributed by atoms with Crippen LogP contribution in [0, 0.1) is 5.92 Å². The van der Waals surface area contributed by atoms with E-state index in [9.17, 15) is 4.79 Å². The maximum absolute atomic E-state index is 10.7. The summed E-state index contributed by atoms with van der Waals surface area (Å²) in [5.74, 6) is 0.105. The van der Waals surface area contributed by atoms with Gasteiger partial charge in [0.15, 0.2) is 0 Å². The molecule has 0 amide bonds. The lowest BCUT2D eigenvalue weighted by atomic mass is 9.78. The van der Waals surface area contributed by atoms with Crippen molar-refractivity contribution in [1.29, 1.82) is 0 Å². The number of carbonyl (C=O) groups excluding carboxylic acids is 1. The lowest BCUT2D eigenvalue weighted by Crippen LogP contribution is -2.19. The maximum Gasteiger partial charge on any atom is 0.123 e. The average Bonchev–Trinajstić information content (AvgIpc) is 2.29.